The van der Waals surface area contributed by atoms with Crippen molar-refractivity contribution < 1.29 is 17.6 Å². The van der Waals surface area contributed by atoms with E-state index in [9.17, 15) is 17.6 Å². The first-order chi connectivity index (χ1) is 14.3. The number of amides is 1. The molecule has 3 heterocycles. The topological polar surface area (TPSA) is 84.3 Å². The van der Waals surface area contributed by atoms with Crippen LogP contribution in [0.2, 0.25) is 0 Å². The maximum atomic E-state index is 13.9. The van der Waals surface area contributed by atoms with Gasteiger partial charge in [-0.25, -0.2) is 17.8 Å². The van der Waals surface area contributed by atoms with Gasteiger partial charge in [-0.1, -0.05) is 12.1 Å². The van der Waals surface area contributed by atoms with Gasteiger partial charge in [-0.2, -0.15) is 0 Å². The first-order valence-corrected chi connectivity index (χ1v) is 11.8. The summed E-state index contributed by atoms with van der Waals surface area (Å²) in [4.78, 5) is 19.6. The van der Waals surface area contributed by atoms with Gasteiger partial charge >= 0.3 is 0 Å². The average molecular weight is 449 g/mol. The SMILES string of the molecule is Cc1nc(-c2cc(S(=O)(=O)Nc3ccccc3F)cn2C)sc1C(=O)N1CCCC1. The summed E-state index contributed by atoms with van der Waals surface area (Å²) in [7, 11) is -2.28. The number of aryl methyl sites for hydroxylation is 2. The lowest BCUT2D eigenvalue weighted by Crippen LogP contribution is -2.27. The molecule has 2 aromatic heterocycles. The number of rotatable bonds is 5. The number of hydrogen-bond acceptors (Lipinski definition) is 5. The minimum atomic E-state index is -3.99. The molecule has 1 amide bonds. The van der Waals surface area contributed by atoms with Crippen LogP contribution in [0.3, 0.4) is 0 Å². The summed E-state index contributed by atoms with van der Waals surface area (Å²) in [5.41, 5.74) is 1.07. The number of thiazole rings is 1. The van der Waals surface area contributed by atoms with Gasteiger partial charge in [0.2, 0.25) is 0 Å². The number of aromatic nitrogens is 2. The Morgan fingerprint density at radius 2 is 1.93 bits per heavy atom. The Morgan fingerprint density at radius 1 is 1.23 bits per heavy atom. The molecule has 1 saturated heterocycles. The van der Waals surface area contributed by atoms with Crippen molar-refractivity contribution in [3.8, 4) is 10.7 Å². The van der Waals surface area contributed by atoms with Crippen LogP contribution in [-0.2, 0) is 17.1 Å². The minimum absolute atomic E-state index is 0.0106. The van der Waals surface area contributed by atoms with E-state index < -0.39 is 15.8 Å². The Hall–Kier alpha value is -2.72. The van der Waals surface area contributed by atoms with E-state index >= 15 is 0 Å². The zero-order valence-electron chi connectivity index (χ0n) is 16.6. The van der Waals surface area contributed by atoms with Crippen molar-refractivity contribution in [3.63, 3.8) is 0 Å². The number of hydrogen-bond donors (Lipinski definition) is 1. The van der Waals surface area contributed by atoms with Crippen molar-refractivity contribution in [1.29, 1.82) is 0 Å². The normalized spacial score (nSPS) is 14.3. The molecule has 1 aliphatic rings. The van der Waals surface area contributed by atoms with Crippen molar-refractivity contribution >= 4 is 33.0 Å². The predicted molar refractivity (Wildman–Crippen MR) is 114 cm³/mol. The van der Waals surface area contributed by atoms with Crippen LogP contribution in [0.5, 0.6) is 0 Å². The number of halogens is 1. The monoisotopic (exact) mass is 448 g/mol. The summed E-state index contributed by atoms with van der Waals surface area (Å²) < 4.78 is 43.2. The summed E-state index contributed by atoms with van der Waals surface area (Å²) in [5.74, 6) is -0.685. The molecule has 158 valence electrons. The number of nitrogens with zero attached hydrogens (tertiary/aromatic N) is 3. The lowest BCUT2D eigenvalue weighted by atomic mass is 10.3. The number of anilines is 1. The van der Waals surface area contributed by atoms with Gasteiger partial charge in [-0.15, -0.1) is 11.3 Å². The second kappa shape index (κ2) is 7.84. The number of carbonyl (C=O) groups is 1. The largest absolute Gasteiger partial charge is 0.347 e. The van der Waals surface area contributed by atoms with Crippen molar-refractivity contribution in [2.75, 3.05) is 17.8 Å². The number of benzene rings is 1. The molecule has 0 spiro atoms. The zero-order valence-corrected chi connectivity index (χ0v) is 18.2. The van der Waals surface area contributed by atoms with E-state index in [0.717, 1.165) is 25.9 Å². The molecule has 4 rings (SSSR count). The summed E-state index contributed by atoms with van der Waals surface area (Å²) in [6.07, 6.45) is 3.45. The van der Waals surface area contributed by atoms with Gasteiger partial charge in [0.05, 0.1) is 17.1 Å². The maximum Gasteiger partial charge on any atom is 0.265 e. The molecular weight excluding hydrogens is 427 g/mol. The molecule has 30 heavy (non-hydrogen) atoms. The van der Waals surface area contributed by atoms with Crippen LogP contribution in [0.25, 0.3) is 10.7 Å². The highest BCUT2D eigenvalue weighted by atomic mass is 32.2. The smallest absolute Gasteiger partial charge is 0.265 e. The third-order valence-electron chi connectivity index (χ3n) is 5.01. The van der Waals surface area contributed by atoms with Gasteiger partial charge in [0.1, 0.15) is 20.6 Å². The lowest BCUT2D eigenvalue weighted by molar-refractivity contribution is 0.0796. The van der Waals surface area contributed by atoms with E-state index in [4.69, 9.17) is 0 Å². The number of sulfonamides is 1. The third kappa shape index (κ3) is 3.84. The number of para-hydroxylation sites is 1. The van der Waals surface area contributed by atoms with Gasteiger partial charge in [0.25, 0.3) is 15.9 Å². The van der Waals surface area contributed by atoms with Crippen molar-refractivity contribution in [3.05, 3.63) is 52.9 Å². The zero-order chi connectivity index (χ0) is 21.5. The van der Waals surface area contributed by atoms with Crippen LogP contribution in [-0.4, -0.2) is 41.9 Å². The third-order valence-corrected chi connectivity index (χ3v) is 7.51. The van der Waals surface area contributed by atoms with E-state index in [1.165, 1.54) is 41.8 Å². The molecule has 3 aromatic rings. The summed E-state index contributed by atoms with van der Waals surface area (Å²) >= 11 is 1.25. The molecular formula is C20H21FN4O3S2. The van der Waals surface area contributed by atoms with Crippen LogP contribution in [0.1, 0.15) is 28.2 Å². The van der Waals surface area contributed by atoms with E-state index in [2.05, 4.69) is 9.71 Å². The van der Waals surface area contributed by atoms with Crippen LogP contribution in [0.4, 0.5) is 10.1 Å². The predicted octanol–water partition coefficient (Wildman–Crippen LogP) is 3.63. The molecule has 0 saturated carbocycles. The minimum Gasteiger partial charge on any atom is -0.347 e. The van der Waals surface area contributed by atoms with Crippen molar-refractivity contribution in [2.24, 2.45) is 7.05 Å². The molecule has 0 aliphatic carbocycles. The number of likely N-dealkylation sites (tertiary alicyclic amines) is 1. The van der Waals surface area contributed by atoms with Crippen LogP contribution < -0.4 is 4.72 Å². The van der Waals surface area contributed by atoms with E-state index in [0.29, 0.717) is 21.3 Å². The Balaban J connectivity index is 1.64. The molecule has 1 fully saturated rings. The van der Waals surface area contributed by atoms with Crippen molar-refractivity contribution in [1.82, 2.24) is 14.5 Å². The maximum absolute atomic E-state index is 13.9. The van der Waals surface area contributed by atoms with Crippen LogP contribution in [0.15, 0.2) is 41.4 Å². The van der Waals surface area contributed by atoms with E-state index in [1.54, 1.807) is 24.6 Å². The van der Waals surface area contributed by atoms with E-state index in [1.807, 2.05) is 4.90 Å². The molecule has 0 bridgehead atoms. The highest BCUT2D eigenvalue weighted by Crippen LogP contribution is 2.32. The first-order valence-electron chi connectivity index (χ1n) is 9.47. The fraction of sp³-hybridized carbons (Fsp3) is 0.300. The van der Waals surface area contributed by atoms with Gasteiger partial charge < -0.3 is 9.47 Å². The summed E-state index contributed by atoms with van der Waals surface area (Å²) in [5, 5.41) is 0.560. The second-order valence-electron chi connectivity index (χ2n) is 7.19. The van der Waals surface area contributed by atoms with Gasteiger partial charge in [0.15, 0.2) is 0 Å². The molecule has 0 atom stereocenters. The Bertz CT molecular complexity index is 1210. The molecule has 0 unspecified atom stereocenters. The fourth-order valence-electron chi connectivity index (χ4n) is 3.41. The summed E-state index contributed by atoms with van der Waals surface area (Å²) in [6, 6.07) is 7.06. The first kappa shape index (κ1) is 20.5. The molecule has 10 heteroatoms. The molecule has 7 nitrogen and oxygen atoms in total. The van der Waals surface area contributed by atoms with Gasteiger partial charge in [0, 0.05) is 26.3 Å². The lowest BCUT2D eigenvalue weighted by Gasteiger charge is -2.13. The van der Waals surface area contributed by atoms with Crippen LogP contribution >= 0.6 is 11.3 Å². The Labute approximate surface area is 178 Å². The fourth-order valence-corrected chi connectivity index (χ4v) is 5.64. The Morgan fingerprint density at radius 3 is 2.63 bits per heavy atom. The number of nitrogens with one attached hydrogen (secondary N) is 1. The van der Waals surface area contributed by atoms with Gasteiger partial charge in [-0.3, -0.25) is 9.52 Å². The Kier molecular flexibility index (Phi) is 5.37. The standard InChI is InChI=1S/C20H21FN4O3S2/c1-13-18(20(26)25-9-5-6-10-25)29-19(22-13)17-11-14(12-24(17)2)30(27,28)23-16-8-4-3-7-15(16)21/h3-4,7-8,11-12,23H,5-6,9-10H2,1-2H3. The van der Waals surface area contributed by atoms with E-state index in [-0.39, 0.29) is 16.5 Å². The molecule has 1 N–H and O–H groups in total. The second-order valence-corrected chi connectivity index (χ2v) is 9.87. The van der Waals surface area contributed by atoms with Crippen LogP contribution in [0, 0.1) is 12.7 Å². The highest BCUT2D eigenvalue weighted by Gasteiger charge is 2.26. The summed E-state index contributed by atoms with van der Waals surface area (Å²) in [6.45, 7) is 3.28. The molecule has 1 aromatic carbocycles. The quantitative estimate of drug-likeness (QED) is 0.646. The molecule has 0 radical (unpaired) electrons. The average Bonchev–Trinajstić information content (AvgIpc) is 3.43. The highest BCUT2D eigenvalue weighted by molar-refractivity contribution is 7.92. The number of carbonyl (C=O) groups excluding carboxylic acids is 1. The van der Waals surface area contributed by atoms with Gasteiger partial charge in [-0.05, 0) is 38.0 Å². The molecule has 1 aliphatic heterocycles. The van der Waals surface area contributed by atoms with Crippen molar-refractivity contribution in [2.45, 2.75) is 24.7 Å².